The molecule has 0 saturated heterocycles. The molecule has 0 spiro atoms. The average molecular weight is 445 g/mol. The molecule has 4 bridgehead atoms. The van der Waals surface area contributed by atoms with Crippen molar-refractivity contribution in [2.45, 2.75) is 26.0 Å². The van der Waals surface area contributed by atoms with E-state index < -0.39 is 0 Å². The minimum Gasteiger partial charge on any atom is -0.473 e. The van der Waals surface area contributed by atoms with Crippen LogP contribution in [0.15, 0.2) is 36.8 Å². The topological polar surface area (TPSA) is 75.8 Å². The van der Waals surface area contributed by atoms with Gasteiger partial charge in [0.25, 0.3) is 0 Å². The summed E-state index contributed by atoms with van der Waals surface area (Å²) in [6, 6.07) is 6.76. The number of ether oxygens (including phenoxy) is 1. The second kappa shape index (κ2) is 7.29. The molecule has 1 aromatic carbocycles. The number of aromatic nitrogens is 5. The van der Waals surface area contributed by atoms with E-state index in [2.05, 4.69) is 64.1 Å². The largest absolute Gasteiger partial charge is 0.473 e. The van der Waals surface area contributed by atoms with Crippen LogP contribution in [0.2, 0.25) is 0 Å². The lowest BCUT2D eigenvalue weighted by atomic mass is 10.0. The molecule has 6 rings (SSSR count). The van der Waals surface area contributed by atoms with Crippen molar-refractivity contribution < 1.29 is 4.74 Å². The van der Waals surface area contributed by atoms with E-state index >= 15 is 0 Å². The molecule has 3 aromatic heterocycles. The molecule has 0 fully saturated rings. The Hall–Kier alpha value is -3.43. The smallest absolute Gasteiger partial charge is 0.221 e. The number of anilines is 1. The summed E-state index contributed by atoms with van der Waals surface area (Å²) in [6.07, 6.45) is 5.75. The van der Waals surface area contributed by atoms with E-state index in [-0.39, 0.29) is 12.1 Å². The first-order valence-corrected chi connectivity index (χ1v) is 11.3. The lowest BCUT2D eigenvalue weighted by molar-refractivity contribution is 0.146. The van der Waals surface area contributed by atoms with Crippen LogP contribution < -0.4 is 15.2 Å². The van der Waals surface area contributed by atoms with E-state index in [1.54, 1.807) is 0 Å². The van der Waals surface area contributed by atoms with Crippen molar-refractivity contribution in [1.29, 1.82) is 0 Å². The highest BCUT2D eigenvalue weighted by atomic mass is 16.5. The zero-order valence-corrected chi connectivity index (χ0v) is 19.6. The summed E-state index contributed by atoms with van der Waals surface area (Å²) in [5, 5.41) is 6.74. The van der Waals surface area contributed by atoms with Gasteiger partial charge in [-0.25, -0.2) is 15.1 Å². The summed E-state index contributed by atoms with van der Waals surface area (Å²) in [7, 11) is 6.12. The molecule has 1 unspecified atom stereocenters. The number of fused-ring (bicyclic) bond motifs is 5. The van der Waals surface area contributed by atoms with Crippen molar-refractivity contribution in [3.63, 3.8) is 0 Å². The summed E-state index contributed by atoms with van der Waals surface area (Å²) in [5.74, 6) is 1.63. The van der Waals surface area contributed by atoms with Gasteiger partial charge in [0, 0.05) is 38.9 Å². The first-order valence-electron chi connectivity index (χ1n) is 11.3. The molecule has 0 radical (unpaired) electrons. The molecular formula is C24H28N8O. The van der Waals surface area contributed by atoms with E-state index in [0.717, 1.165) is 52.8 Å². The number of benzene rings is 1. The van der Waals surface area contributed by atoms with Gasteiger partial charge in [-0.05, 0) is 44.7 Å². The Kier molecular flexibility index (Phi) is 4.46. The fraction of sp³-hybridized carbons (Fsp3) is 0.375. The van der Waals surface area contributed by atoms with Crippen LogP contribution in [0.5, 0.6) is 5.88 Å². The quantitative estimate of drug-likeness (QED) is 0.447. The Balaban J connectivity index is 1.59. The highest BCUT2D eigenvalue weighted by molar-refractivity contribution is 5.72. The van der Waals surface area contributed by atoms with Crippen LogP contribution in [0.3, 0.4) is 0 Å². The second-order valence-electron chi connectivity index (χ2n) is 9.20. The number of aryl methyl sites for hydroxylation is 2. The number of nitrogens with one attached hydrogen (secondary N) is 1. The highest BCUT2D eigenvalue weighted by Crippen LogP contribution is 2.37. The van der Waals surface area contributed by atoms with Crippen molar-refractivity contribution in [2.75, 3.05) is 32.2 Å². The molecule has 0 amide bonds. The molecule has 2 aliphatic heterocycles. The Labute approximate surface area is 192 Å². The van der Waals surface area contributed by atoms with Gasteiger partial charge in [-0.3, -0.25) is 9.38 Å². The maximum absolute atomic E-state index is 6.45. The number of nitrogens with zero attached hydrogens (tertiary/aromatic N) is 7. The zero-order chi connectivity index (χ0) is 22.9. The van der Waals surface area contributed by atoms with E-state index in [0.29, 0.717) is 0 Å². The third kappa shape index (κ3) is 3.19. The fourth-order valence-electron chi connectivity index (χ4n) is 5.15. The molecule has 0 saturated carbocycles. The first kappa shape index (κ1) is 20.2. The van der Waals surface area contributed by atoms with Crippen LogP contribution in [-0.2, 0) is 7.05 Å². The SMILES string of the molecule is Cc1nn(C)c2c1-c1cn3c(ncc3cn1)-c1ccc3c(c1)C(CN(C)C[C@H](C)O2)NN3C. The number of rotatable bonds is 0. The molecule has 2 aliphatic rings. The number of imidazole rings is 1. The van der Waals surface area contributed by atoms with Crippen molar-refractivity contribution in [3.8, 4) is 28.5 Å². The highest BCUT2D eigenvalue weighted by Gasteiger charge is 2.29. The van der Waals surface area contributed by atoms with Crippen LogP contribution in [0.25, 0.3) is 28.2 Å². The minimum absolute atomic E-state index is 0.0221. The Morgan fingerprint density at radius 3 is 2.76 bits per heavy atom. The van der Waals surface area contributed by atoms with Crippen LogP contribution in [0.4, 0.5) is 5.69 Å². The first-order chi connectivity index (χ1) is 15.9. The Morgan fingerprint density at radius 2 is 1.91 bits per heavy atom. The predicted octanol–water partition coefficient (Wildman–Crippen LogP) is 2.81. The van der Waals surface area contributed by atoms with Gasteiger partial charge in [0.2, 0.25) is 5.88 Å². The van der Waals surface area contributed by atoms with Crippen molar-refractivity contribution in [1.82, 2.24) is 34.5 Å². The summed E-state index contributed by atoms with van der Waals surface area (Å²) < 4.78 is 10.4. The molecule has 9 nitrogen and oxygen atoms in total. The lowest BCUT2D eigenvalue weighted by Crippen LogP contribution is -2.39. The predicted molar refractivity (Wildman–Crippen MR) is 127 cm³/mol. The standard InChI is InChI=1S/C24H28N8O/c1-14-11-29(3)12-19-18-8-16(6-7-21(18)30(4)28-19)23-26-10-17-9-25-20(13-32(17)23)22-15(2)27-31(5)24(22)33-14/h6-10,13-14,19,28H,11-12H2,1-5H3/t14-,19?/m0/s1. The second-order valence-corrected chi connectivity index (χ2v) is 9.20. The summed E-state index contributed by atoms with van der Waals surface area (Å²) in [5.41, 5.74) is 10.7. The molecule has 170 valence electrons. The third-order valence-corrected chi connectivity index (χ3v) is 6.59. The monoisotopic (exact) mass is 444 g/mol. The average Bonchev–Trinajstić information content (AvgIpc) is 3.41. The summed E-state index contributed by atoms with van der Waals surface area (Å²) >= 11 is 0. The van der Waals surface area contributed by atoms with Crippen LogP contribution >= 0.6 is 0 Å². The van der Waals surface area contributed by atoms with Gasteiger partial charge in [0.05, 0.1) is 46.6 Å². The van der Waals surface area contributed by atoms with E-state index in [4.69, 9.17) is 14.7 Å². The summed E-state index contributed by atoms with van der Waals surface area (Å²) in [6.45, 7) is 5.75. The molecule has 2 atom stereocenters. The number of hydrogen-bond donors (Lipinski definition) is 1. The molecule has 0 aliphatic carbocycles. The molecule has 9 heteroatoms. The van der Waals surface area contributed by atoms with Gasteiger partial charge in [-0.1, -0.05) is 0 Å². The van der Waals surface area contributed by atoms with E-state index in [1.165, 1.54) is 11.3 Å². The minimum atomic E-state index is -0.0221. The van der Waals surface area contributed by atoms with Gasteiger partial charge >= 0.3 is 0 Å². The Morgan fingerprint density at radius 1 is 1.09 bits per heavy atom. The number of likely N-dealkylation sites (N-methyl/N-ethyl adjacent to an activating group) is 1. The van der Waals surface area contributed by atoms with Crippen LogP contribution in [-0.4, -0.2) is 62.3 Å². The normalized spacial score (nSPS) is 20.6. The van der Waals surface area contributed by atoms with Crippen molar-refractivity contribution >= 4 is 11.2 Å². The maximum atomic E-state index is 6.45. The van der Waals surface area contributed by atoms with E-state index in [1.807, 2.05) is 37.2 Å². The third-order valence-electron chi connectivity index (χ3n) is 6.59. The lowest BCUT2D eigenvalue weighted by Gasteiger charge is -2.25. The van der Waals surface area contributed by atoms with Gasteiger partial charge < -0.3 is 14.6 Å². The Bertz CT molecular complexity index is 1370. The zero-order valence-electron chi connectivity index (χ0n) is 19.6. The maximum Gasteiger partial charge on any atom is 0.221 e. The summed E-state index contributed by atoms with van der Waals surface area (Å²) in [4.78, 5) is 11.8. The van der Waals surface area contributed by atoms with Gasteiger partial charge in [-0.2, -0.15) is 5.10 Å². The van der Waals surface area contributed by atoms with Crippen molar-refractivity contribution in [3.05, 3.63) is 48.0 Å². The fourth-order valence-corrected chi connectivity index (χ4v) is 5.15. The molecule has 33 heavy (non-hydrogen) atoms. The number of hydrazine groups is 1. The molecule has 5 heterocycles. The van der Waals surface area contributed by atoms with Crippen LogP contribution in [0.1, 0.15) is 24.2 Å². The molecule has 4 aromatic rings. The van der Waals surface area contributed by atoms with E-state index in [9.17, 15) is 0 Å². The van der Waals surface area contributed by atoms with Crippen LogP contribution in [0, 0.1) is 6.92 Å². The van der Waals surface area contributed by atoms with Gasteiger partial charge in [0.15, 0.2) is 0 Å². The van der Waals surface area contributed by atoms with Gasteiger partial charge in [-0.15, -0.1) is 0 Å². The molecular weight excluding hydrogens is 416 g/mol. The van der Waals surface area contributed by atoms with Gasteiger partial charge in [0.1, 0.15) is 11.9 Å². The number of hydrogen-bond acceptors (Lipinski definition) is 7. The van der Waals surface area contributed by atoms with Crippen molar-refractivity contribution in [2.24, 2.45) is 7.05 Å². The molecule has 1 N–H and O–H groups in total.